The van der Waals surface area contributed by atoms with E-state index in [1.165, 1.54) is 11.1 Å². The molecule has 0 amide bonds. The van der Waals surface area contributed by atoms with Gasteiger partial charge >= 0.3 is 0 Å². The van der Waals surface area contributed by atoms with E-state index in [0.29, 0.717) is 5.92 Å². The molecule has 0 saturated heterocycles. The van der Waals surface area contributed by atoms with Crippen molar-refractivity contribution in [2.75, 3.05) is 11.9 Å². The fourth-order valence-corrected chi connectivity index (χ4v) is 3.17. The topological polar surface area (TPSA) is 37.8 Å². The molecule has 0 bridgehead atoms. The fraction of sp³-hybridized carbons (Fsp3) is 0.429. The molecule has 1 aromatic carbocycles. The molecule has 19 heavy (non-hydrogen) atoms. The molecule has 0 saturated carbocycles. The van der Waals surface area contributed by atoms with Gasteiger partial charge in [-0.1, -0.05) is 66.8 Å². The van der Waals surface area contributed by atoms with Crippen molar-refractivity contribution in [3.8, 4) is 0 Å². The summed E-state index contributed by atoms with van der Waals surface area (Å²) in [5.41, 5.74) is 2.62. The molecule has 2 rings (SSSR count). The summed E-state index contributed by atoms with van der Waals surface area (Å²) in [5.74, 6) is 1.56. The highest BCUT2D eigenvalue weighted by atomic mass is 32.2. The third-order valence-electron chi connectivity index (χ3n) is 2.55. The molecule has 2 aromatic rings. The zero-order chi connectivity index (χ0) is 13.7. The minimum Gasteiger partial charge on any atom is -0.360 e. The third kappa shape index (κ3) is 4.84. The Labute approximate surface area is 122 Å². The number of hydrogen-bond acceptors (Lipinski definition) is 5. The van der Waals surface area contributed by atoms with Crippen molar-refractivity contribution < 1.29 is 0 Å². The van der Waals surface area contributed by atoms with Crippen LogP contribution >= 0.6 is 23.1 Å². The summed E-state index contributed by atoms with van der Waals surface area (Å²) in [7, 11) is 0. The van der Waals surface area contributed by atoms with E-state index in [2.05, 4.69) is 60.6 Å². The maximum absolute atomic E-state index is 4.20. The third-order valence-corrected chi connectivity index (χ3v) is 4.64. The minimum atomic E-state index is 0.618. The van der Waals surface area contributed by atoms with Crippen LogP contribution in [-0.4, -0.2) is 16.7 Å². The highest BCUT2D eigenvalue weighted by Gasteiger charge is 2.05. The molecule has 0 radical (unpaired) electrons. The van der Waals surface area contributed by atoms with Gasteiger partial charge in [0, 0.05) is 12.3 Å². The van der Waals surface area contributed by atoms with Gasteiger partial charge in [0.1, 0.15) is 0 Å². The summed E-state index contributed by atoms with van der Waals surface area (Å²) < 4.78 is 1.02. The summed E-state index contributed by atoms with van der Waals surface area (Å²) in [5, 5.41) is 12.6. The van der Waals surface area contributed by atoms with Crippen LogP contribution in [0.2, 0.25) is 0 Å². The average Bonchev–Trinajstić information content (AvgIpc) is 2.84. The van der Waals surface area contributed by atoms with E-state index in [9.17, 15) is 0 Å². The first kappa shape index (κ1) is 14.3. The maximum Gasteiger partial charge on any atom is 0.206 e. The Kier molecular flexibility index (Phi) is 5.22. The number of hydrogen-bond donors (Lipinski definition) is 1. The summed E-state index contributed by atoms with van der Waals surface area (Å²) in [4.78, 5) is 0. The molecule has 0 aliphatic rings. The van der Waals surface area contributed by atoms with E-state index in [4.69, 9.17) is 0 Å². The van der Waals surface area contributed by atoms with E-state index in [1.54, 1.807) is 23.1 Å². The first-order valence-electron chi connectivity index (χ1n) is 6.39. The van der Waals surface area contributed by atoms with Gasteiger partial charge in [-0.15, -0.1) is 10.2 Å². The monoisotopic (exact) mass is 293 g/mol. The zero-order valence-corrected chi connectivity index (χ0v) is 13.1. The van der Waals surface area contributed by atoms with Gasteiger partial charge in [0.15, 0.2) is 4.34 Å². The second-order valence-corrected chi connectivity index (χ2v) is 7.12. The van der Waals surface area contributed by atoms with Crippen LogP contribution in [0.25, 0.3) is 0 Å². The van der Waals surface area contributed by atoms with Gasteiger partial charge in [-0.05, 0) is 18.4 Å². The summed E-state index contributed by atoms with van der Waals surface area (Å²) in [6, 6.07) is 8.62. The van der Waals surface area contributed by atoms with Crippen molar-refractivity contribution in [3.05, 3.63) is 35.4 Å². The molecule has 0 spiro atoms. The number of benzene rings is 1. The first-order valence-corrected chi connectivity index (χ1v) is 8.19. The summed E-state index contributed by atoms with van der Waals surface area (Å²) >= 11 is 3.37. The number of nitrogens with one attached hydrogen (secondary N) is 1. The smallest absolute Gasteiger partial charge is 0.206 e. The van der Waals surface area contributed by atoms with Gasteiger partial charge in [-0.3, -0.25) is 0 Å². The number of aromatic nitrogens is 2. The van der Waals surface area contributed by atoms with Crippen LogP contribution in [0.15, 0.2) is 28.6 Å². The van der Waals surface area contributed by atoms with Crippen LogP contribution in [0.1, 0.15) is 25.0 Å². The van der Waals surface area contributed by atoms with Crippen molar-refractivity contribution in [1.29, 1.82) is 0 Å². The van der Waals surface area contributed by atoms with Crippen molar-refractivity contribution in [1.82, 2.24) is 10.2 Å². The number of aryl methyl sites for hydroxylation is 1. The predicted molar refractivity (Wildman–Crippen MR) is 84.0 cm³/mol. The normalized spacial score (nSPS) is 10.9. The van der Waals surface area contributed by atoms with Gasteiger partial charge in [0.2, 0.25) is 5.13 Å². The van der Waals surface area contributed by atoms with Crippen LogP contribution in [0.3, 0.4) is 0 Å². The highest BCUT2D eigenvalue weighted by Crippen LogP contribution is 2.28. The lowest BCUT2D eigenvalue weighted by Gasteiger charge is -2.03. The SMILES string of the molecule is Cc1ccc(CSc2nnc(NCC(C)C)s2)cc1. The van der Waals surface area contributed by atoms with Crippen LogP contribution in [0, 0.1) is 12.8 Å². The van der Waals surface area contributed by atoms with Gasteiger partial charge in [-0.2, -0.15) is 0 Å². The second-order valence-electron chi connectivity index (χ2n) is 4.92. The molecule has 0 fully saturated rings. The molecule has 1 aromatic heterocycles. The Morgan fingerprint density at radius 1 is 1.21 bits per heavy atom. The largest absolute Gasteiger partial charge is 0.360 e. The lowest BCUT2D eigenvalue weighted by molar-refractivity contribution is 0.687. The quantitative estimate of drug-likeness (QED) is 0.810. The number of nitrogens with zero attached hydrogens (tertiary/aromatic N) is 2. The van der Waals surface area contributed by atoms with E-state index in [-0.39, 0.29) is 0 Å². The number of anilines is 1. The maximum atomic E-state index is 4.20. The van der Waals surface area contributed by atoms with Gasteiger partial charge < -0.3 is 5.32 Å². The average molecular weight is 293 g/mol. The molecular formula is C14H19N3S2. The zero-order valence-electron chi connectivity index (χ0n) is 11.5. The first-order chi connectivity index (χ1) is 9.13. The summed E-state index contributed by atoms with van der Waals surface area (Å²) in [6.45, 7) is 7.41. The second kappa shape index (κ2) is 6.91. The molecule has 5 heteroatoms. The Balaban J connectivity index is 1.84. The van der Waals surface area contributed by atoms with E-state index in [0.717, 1.165) is 21.8 Å². The van der Waals surface area contributed by atoms with Crippen molar-refractivity contribution in [2.24, 2.45) is 5.92 Å². The standard InChI is InChI=1S/C14H19N3S2/c1-10(2)8-15-13-16-17-14(19-13)18-9-12-6-4-11(3)5-7-12/h4-7,10H,8-9H2,1-3H3,(H,15,16). The summed E-state index contributed by atoms with van der Waals surface area (Å²) in [6.07, 6.45) is 0. The van der Waals surface area contributed by atoms with Gasteiger partial charge in [-0.25, -0.2) is 0 Å². The molecule has 0 aliphatic heterocycles. The van der Waals surface area contributed by atoms with Crippen LogP contribution < -0.4 is 5.32 Å². The minimum absolute atomic E-state index is 0.618. The van der Waals surface area contributed by atoms with E-state index >= 15 is 0 Å². The van der Waals surface area contributed by atoms with Crippen LogP contribution in [0.4, 0.5) is 5.13 Å². The Morgan fingerprint density at radius 2 is 1.95 bits per heavy atom. The Morgan fingerprint density at radius 3 is 2.63 bits per heavy atom. The highest BCUT2D eigenvalue weighted by molar-refractivity contribution is 8.00. The van der Waals surface area contributed by atoms with Crippen LogP contribution in [0.5, 0.6) is 0 Å². The number of thioether (sulfide) groups is 1. The van der Waals surface area contributed by atoms with Gasteiger partial charge in [0.05, 0.1) is 0 Å². The molecular weight excluding hydrogens is 274 g/mol. The Bertz CT molecular complexity index is 506. The van der Waals surface area contributed by atoms with E-state index < -0.39 is 0 Å². The molecule has 0 atom stereocenters. The predicted octanol–water partition coefficient (Wildman–Crippen LogP) is 4.21. The van der Waals surface area contributed by atoms with Gasteiger partial charge in [0.25, 0.3) is 0 Å². The van der Waals surface area contributed by atoms with E-state index in [1.807, 2.05) is 0 Å². The molecule has 0 unspecified atom stereocenters. The van der Waals surface area contributed by atoms with Crippen LogP contribution in [-0.2, 0) is 5.75 Å². The van der Waals surface area contributed by atoms with Crippen molar-refractivity contribution in [2.45, 2.75) is 30.9 Å². The lowest BCUT2D eigenvalue weighted by atomic mass is 10.2. The molecule has 1 N–H and O–H groups in total. The molecule has 0 aliphatic carbocycles. The Hall–Kier alpha value is -1.07. The molecule has 102 valence electrons. The lowest BCUT2D eigenvalue weighted by Crippen LogP contribution is -2.07. The fourth-order valence-electron chi connectivity index (χ4n) is 1.46. The molecule has 3 nitrogen and oxygen atoms in total. The van der Waals surface area contributed by atoms with Crippen molar-refractivity contribution >= 4 is 28.2 Å². The molecule has 1 heterocycles. The van der Waals surface area contributed by atoms with Crippen molar-refractivity contribution in [3.63, 3.8) is 0 Å². The number of rotatable bonds is 6.